The summed E-state index contributed by atoms with van der Waals surface area (Å²) in [5.74, 6) is 0.710. The zero-order valence-electron chi connectivity index (χ0n) is 10.2. The Hall–Kier alpha value is -1.51. The minimum Gasteiger partial charge on any atom is -0.399 e. The van der Waals surface area contributed by atoms with Crippen molar-refractivity contribution in [2.45, 2.75) is 26.7 Å². The first kappa shape index (κ1) is 12.6. The van der Waals surface area contributed by atoms with Crippen molar-refractivity contribution in [3.8, 4) is 0 Å². The fourth-order valence-corrected chi connectivity index (χ4v) is 1.42. The smallest absolute Gasteiger partial charge is 0.226 e. The van der Waals surface area contributed by atoms with E-state index in [2.05, 4.69) is 13.8 Å². The van der Waals surface area contributed by atoms with Gasteiger partial charge in [-0.25, -0.2) is 0 Å². The van der Waals surface area contributed by atoms with E-state index in [0.717, 1.165) is 12.1 Å². The third-order valence-corrected chi connectivity index (χ3v) is 2.59. The van der Waals surface area contributed by atoms with Crippen LogP contribution in [0.2, 0.25) is 0 Å². The zero-order valence-corrected chi connectivity index (χ0v) is 10.2. The summed E-state index contributed by atoms with van der Waals surface area (Å²) in [6.07, 6.45) is 1.52. The second-order valence-electron chi connectivity index (χ2n) is 4.48. The van der Waals surface area contributed by atoms with Gasteiger partial charge < -0.3 is 10.6 Å². The van der Waals surface area contributed by atoms with Crippen LogP contribution in [0.3, 0.4) is 0 Å². The van der Waals surface area contributed by atoms with Crippen molar-refractivity contribution in [1.82, 2.24) is 0 Å². The number of hydrogen-bond acceptors (Lipinski definition) is 2. The van der Waals surface area contributed by atoms with Gasteiger partial charge >= 0.3 is 0 Å². The highest BCUT2D eigenvalue weighted by atomic mass is 16.2. The highest BCUT2D eigenvalue weighted by Gasteiger charge is 2.10. The number of amides is 1. The summed E-state index contributed by atoms with van der Waals surface area (Å²) >= 11 is 0. The number of carbonyl (C=O) groups excluding carboxylic acids is 1. The van der Waals surface area contributed by atoms with Crippen molar-refractivity contribution in [2.75, 3.05) is 17.7 Å². The van der Waals surface area contributed by atoms with Gasteiger partial charge in [-0.1, -0.05) is 13.8 Å². The molecule has 0 spiro atoms. The molecule has 0 radical (unpaired) electrons. The van der Waals surface area contributed by atoms with Crippen molar-refractivity contribution in [1.29, 1.82) is 0 Å². The molecule has 1 aromatic carbocycles. The topological polar surface area (TPSA) is 46.3 Å². The Morgan fingerprint density at radius 3 is 2.38 bits per heavy atom. The molecule has 0 bridgehead atoms. The van der Waals surface area contributed by atoms with E-state index in [0.29, 0.717) is 18.0 Å². The molecule has 0 unspecified atom stereocenters. The maximum Gasteiger partial charge on any atom is 0.226 e. The molecule has 0 atom stereocenters. The minimum atomic E-state index is 0.151. The van der Waals surface area contributed by atoms with Gasteiger partial charge in [0.15, 0.2) is 0 Å². The summed E-state index contributed by atoms with van der Waals surface area (Å²) < 4.78 is 0. The van der Waals surface area contributed by atoms with E-state index in [1.165, 1.54) is 0 Å². The Bertz CT molecular complexity index is 343. The summed E-state index contributed by atoms with van der Waals surface area (Å²) in [4.78, 5) is 13.5. The average Bonchev–Trinajstić information content (AvgIpc) is 2.26. The molecule has 0 aliphatic heterocycles. The number of nitrogen functional groups attached to an aromatic ring is 1. The minimum absolute atomic E-state index is 0.151. The normalized spacial score (nSPS) is 10.5. The van der Waals surface area contributed by atoms with Crippen molar-refractivity contribution in [3.05, 3.63) is 24.3 Å². The van der Waals surface area contributed by atoms with Crippen LogP contribution in [0.15, 0.2) is 24.3 Å². The predicted molar refractivity (Wildman–Crippen MR) is 68.3 cm³/mol. The maximum absolute atomic E-state index is 11.8. The largest absolute Gasteiger partial charge is 0.399 e. The summed E-state index contributed by atoms with van der Waals surface area (Å²) in [6, 6.07) is 7.34. The van der Waals surface area contributed by atoms with Crippen LogP contribution in [0.1, 0.15) is 26.7 Å². The molecule has 1 amide bonds. The lowest BCUT2D eigenvalue weighted by atomic mass is 10.1. The molecule has 0 fully saturated rings. The van der Waals surface area contributed by atoms with Crippen molar-refractivity contribution in [3.63, 3.8) is 0 Å². The molecular weight excluding hydrogens is 200 g/mol. The molecule has 1 rings (SSSR count). The van der Waals surface area contributed by atoms with E-state index in [-0.39, 0.29) is 5.91 Å². The molecule has 3 heteroatoms. The van der Waals surface area contributed by atoms with Gasteiger partial charge in [-0.05, 0) is 36.6 Å². The first-order valence-electron chi connectivity index (χ1n) is 5.63. The van der Waals surface area contributed by atoms with Crippen LogP contribution in [-0.4, -0.2) is 13.0 Å². The molecule has 0 heterocycles. The number of benzene rings is 1. The fraction of sp³-hybridized carbons (Fsp3) is 0.462. The van der Waals surface area contributed by atoms with E-state index >= 15 is 0 Å². The van der Waals surface area contributed by atoms with Gasteiger partial charge in [-0.15, -0.1) is 0 Å². The van der Waals surface area contributed by atoms with E-state index in [9.17, 15) is 4.79 Å². The quantitative estimate of drug-likeness (QED) is 0.793. The van der Waals surface area contributed by atoms with Crippen LogP contribution in [-0.2, 0) is 4.79 Å². The Morgan fingerprint density at radius 2 is 1.88 bits per heavy atom. The summed E-state index contributed by atoms with van der Waals surface area (Å²) in [6.45, 7) is 4.24. The molecule has 16 heavy (non-hydrogen) atoms. The zero-order chi connectivity index (χ0) is 12.1. The second-order valence-corrected chi connectivity index (χ2v) is 4.48. The highest BCUT2D eigenvalue weighted by molar-refractivity contribution is 5.92. The SMILES string of the molecule is CC(C)CCC(=O)N(C)c1ccc(N)cc1. The summed E-state index contributed by atoms with van der Waals surface area (Å²) in [5, 5.41) is 0. The lowest BCUT2D eigenvalue weighted by Crippen LogP contribution is -2.26. The Morgan fingerprint density at radius 1 is 1.31 bits per heavy atom. The molecule has 0 aliphatic rings. The molecule has 0 aromatic heterocycles. The molecule has 0 saturated heterocycles. The molecule has 88 valence electrons. The van der Waals surface area contributed by atoms with Crippen LogP contribution >= 0.6 is 0 Å². The van der Waals surface area contributed by atoms with Gasteiger partial charge in [0.1, 0.15) is 0 Å². The number of nitrogens with zero attached hydrogens (tertiary/aromatic N) is 1. The molecule has 0 aliphatic carbocycles. The first-order chi connectivity index (χ1) is 7.50. The Labute approximate surface area is 97.2 Å². The maximum atomic E-state index is 11.8. The van der Waals surface area contributed by atoms with Crippen LogP contribution in [0.4, 0.5) is 11.4 Å². The monoisotopic (exact) mass is 220 g/mol. The van der Waals surface area contributed by atoms with Crippen molar-refractivity contribution in [2.24, 2.45) is 5.92 Å². The number of hydrogen-bond donors (Lipinski definition) is 1. The van der Waals surface area contributed by atoms with Crippen LogP contribution in [0.5, 0.6) is 0 Å². The summed E-state index contributed by atoms with van der Waals surface area (Å²) in [7, 11) is 1.80. The van der Waals surface area contributed by atoms with Crippen molar-refractivity contribution >= 4 is 17.3 Å². The van der Waals surface area contributed by atoms with Crippen LogP contribution < -0.4 is 10.6 Å². The van der Waals surface area contributed by atoms with E-state index in [1.807, 2.05) is 24.3 Å². The molecule has 0 saturated carbocycles. The highest BCUT2D eigenvalue weighted by Crippen LogP contribution is 2.16. The van der Waals surface area contributed by atoms with Gasteiger partial charge in [0, 0.05) is 24.8 Å². The van der Waals surface area contributed by atoms with E-state index < -0.39 is 0 Å². The van der Waals surface area contributed by atoms with Crippen LogP contribution in [0.25, 0.3) is 0 Å². The lowest BCUT2D eigenvalue weighted by molar-refractivity contribution is -0.118. The molecular formula is C13H20N2O. The number of nitrogens with two attached hydrogens (primary N) is 1. The number of rotatable bonds is 4. The fourth-order valence-electron chi connectivity index (χ4n) is 1.42. The first-order valence-corrected chi connectivity index (χ1v) is 5.63. The number of carbonyl (C=O) groups is 1. The van der Waals surface area contributed by atoms with Crippen molar-refractivity contribution < 1.29 is 4.79 Å². The van der Waals surface area contributed by atoms with Gasteiger partial charge in [0.2, 0.25) is 5.91 Å². The average molecular weight is 220 g/mol. The van der Waals surface area contributed by atoms with Gasteiger partial charge in [-0.2, -0.15) is 0 Å². The molecule has 2 N–H and O–H groups in total. The lowest BCUT2D eigenvalue weighted by Gasteiger charge is -2.18. The van der Waals surface area contributed by atoms with E-state index in [1.54, 1.807) is 11.9 Å². The third kappa shape index (κ3) is 3.57. The van der Waals surface area contributed by atoms with Gasteiger partial charge in [0.05, 0.1) is 0 Å². The van der Waals surface area contributed by atoms with Gasteiger partial charge in [0.25, 0.3) is 0 Å². The standard InChI is InChI=1S/C13H20N2O/c1-10(2)4-9-13(16)15(3)12-7-5-11(14)6-8-12/h5-8,10H,4,9,14H2,1-3H3. The summed E-state index contributed by atoms with van der Waals surface area (Å²) in [5.41, 5.74) is 7.20. The van der Waals surface area contributed by atoms with Gasteiger partial charge in [-0.3, -0.25) is 4.79 Å². The Kier molecular flexibility index (Phi) is 4.35. The Balaban J connectivity index is 2.59. The second kappa shape index (κ2) is 5.54. The van der Waals surface area contributed by atoms with E-state index in [4.69, 9.17) is 5.73 Å². The number of anilines is 2. The molecule has 3 nitrogen and oxygen atoms in total. The predicted octanol–water partition coefficient (Wildman–Crippen LogP) is 2.67. The third-order valence-electron chi connectivity index (χ3n) is 2.59. The van der Waals surface area contributed by atoms with Crippen LogP contribution in [0, 0.1) is 5.92 Å². The molecule has 1 aromatic rings.